The molecule has 1 amide bonds. The summed E-state index contributed by atoms with van der Waals surface area (Å²) in [4.78, 5) is 28.2. The van der Waals surface area contributed by atoms with Crippen molar-refractivity contribution >= 4 is 28.9 Å². The fraction of sp³-hybridized carbons (Fsp3) is 0.333. The third-order valence-electron chi connectivity index (χ3n) is 5.82. The van der Waals surface area contributed by atoms with Crippen LogP contribution in [0.2, 0.25) is 0 Å². The van der Waals surface area contributed by atoms with Gasteiger partial charge < -0.3 is 24.1 Å². The topological polar surface area (TPSA) is 82.0 Å². The second-order valence-electron chi connectivity index (χ2n) is 7.81. The van der Waals surface area contributed by atoms with Gasteiger partial charge in [0.15, 0.2) is 11.5 Å². The van der Waals surface area contributed by atoms with Crippen LogP contribution in [0.25, 0.3) is 0 Å². The van der Waals surface area contributed by atoms with Crippen molar-refractivity contribution in [3.8, 4) is 11.5 Å². The van der Waals surface area contributed by atoms with E-state index in [9.17, 15) is 9.59 Å². The highest BCUT2D eigenvalue weighted by Gasteiger charge is 2.32. The van der Waals surface area contributed by atoms with Crippen molar-refractivity contribution < 1.29 is 23.8 Å². The number of rotatable bonds is 7. The molecule has 1 aliphatic heterocycles. The molecule has 1 aliphatic rings. The van der Waals surface area contributed by atoms with Gasteiger partial charge in [-0.1, -0.05) is 6.07 Å². The molecule has 1 aromatic carbocycles. The predicted octanol–water partition coefficient (Wildman–Crippen LogP) is 3.48. The van der Waals surface area contributed by atoms with Crippen LogP contribution < -0.4 is 14.8 Å². The summed E-state index contributed by atoms with van der Waals surface area (Å²) in [6, 6.07) is 9.70. The smallest absolute Gasteiger partial charge is 0.354 e. The molecule has 2 aromatic heterocycles. The lowest BCUT2D eigenvalue weighted by molar-refractivity contribution is -0.117. The first-order valence-electron chi connectivity index (χ1n) is 10.5. The Morgan fingerprint density at radius 2 is 1.91 bits per heavy atom. The predicted molar refractivity (Wildman–Crippen MR) is 126 cm³/mol. The van der Waals surface area contributed by atoms with Gasteiger partial charge in [0.05, 0.1) is 39.6 Å². The number of aromatic nitrogens is 1. The van der Waals surface area contributed by atoms with E-state index >= 15 is 0 Å². The third-order valence-corrected chi connectivity index (χ3v) is 6.74. The fourth-order valence-corrected chi connectivity index (χ4v) is 5.15. The second kappa shape index (κ2) is 9.68. The summed E-state index contributed by atoms with van der Waals surface area (Å²) < 4.78 is 17.4. The summed E-state index contributed by atoms with van der Waals surface area (Å²) in [6.07, 6.45) is 2.49. The first kappa shape index (κ1) is 22.9. The number of hydrogen-bond acceptors (Lipinski definition) is 7. The Kier molecular flexibility index (Phi) is 6.71. The van der Waals surface area contributed by atoms with Gasteiger partial charge in [0, 0.05) is 24.7 Å². The van der Waals surface area contributed by atoms with Crippen molar-refractivity contribution in [1.29, 1.82) is 0 Å². The highest BCUT2D eigenvalue weighted by Crippen LogP contribution is 2.42. The Labute approximate surface area is 196 Å². The number of esters is 1. The van der Waals surface area contributed by atoms with Gasteiger partial charge in [-0.05, 0) is 47.2 Å². The number of carbonyl (C=O) groups excluding carboxylic acids is 2. The van der Waals surface area contributed by atoms with Crippen LogP contribution in [0.1, 0.15) is 32.5 Å². The number of benzene rings is 1. The van der Waals surface area contributed by atoms with Crippen molar-refractivity contribution in [3.63, 3.8) is 0 Å². The number of fused-ring (bicyclic) bond motifs is 1. The Hall–Kier alpha value is -3.30. The van der Waals surface area contributed by atoms with E-state index in [2.05, 4.69) is 16.3 Å². The van der Waals surface area contributed by atoms with E-state index in [-0.39, 0.29) is 18.5 Å². The Bertz CT molecular complexity index is 1160. The molecule has 0 fully saturated rings. The first-order chi connectivity index (χ1) is 15.9. The lowest BCUT2D eigenvalue weighted by atomic mass is 9.91. The van der Waals surface area contributed by atoms with Crippen molar-refractivity contribution in [1.82, 2.24) is 9.47 Å². The van der Waals surface area contributed by atoms with Crippen LogP contribution in [0.3, 0.4) is 0 Å². The molecule has 1 atom stereocenters. The Morgan fingerprint density at radius 1 is 1.15 bits per heavy atom. The summed E-state index contributed by atoms with van der Waals surface area (Å²) in [7, 11) is 6.32. The number of ether oxygens (including phenoxy) is 3. The van der Waals surface area contributed by atoms with Gasteiger partial charge in [0.2, 0.25) is 5.91 Å². The molecular formula is C24H27N3O5S. The molecule has 4 rings (SSSR count). The largest absolute Gasteiger partial charge is 0.493 e. The van der Waals surface area contributed by atoms with Crippen LogP contribution in [0.15, 0.2) is 41.9 Å². The Morgan fingerprint density at radius 3 is 2.58 bits per heavy atom. The van der Waals surface area contributed by atoms with Crippen LogP contribution in [0.5, 0.6) is 11.5 Å². The van der Waals surface area contributed by atoms with Gasteiger partial charge in [0.1, 0.15) is 5.69 Å². The van der Waals surface area contributed by atoms with Crippen LogP contribution in [-0.2, 0) is 23.0 Å². The molecule has 0 saturated heterocycles. The summed E-state index contributed by atoms with van der Waals surface area (Å²) >= 11 is 1.66. The zero-order valence-electron chi connectivity index (χ0n) is 19.1. The normalized spacial score (nSPS) is 15.6. The molecule has 3 aromatic rings. The van der Waals surface area contributed by atoms with Crippen molar-refractivity contribution in [3.05, 3.63) is 63.6 Å². The van der Waals surface area contributed by atoms with Gasteiger partial charge in [-0.2, -0.15) is 0 Å². The van der Waals surface area contributed by atoms with E-state index in [0.717, 1.165) is 23.4 Å². The molecule has 0 spiro atoms. The van der Waals surface area contributed by atoms with Crippen molar-refractivity contribution in [2.45, 2.75) is 12.5 Å². The van der Waals surface area contributed by atoms with Crippen LogP contribution >= 0.6 is 11.3 Å². The number of thiophene rings is 1. The molecule has 0 aliphatic carbocycles. The molecule has 9 heteroatoms. The summed E-state index contributed by atoms with van der Waals surface area (Å²) in [5.41, 5.74) is 3.23. The number of aryl methyl sites for hydroxylation is 1. The number of hydrogen-bond donors (Lipinski definition) is 1. The maximum Gasteiger partial charge on any atom is 0.354 e. The quantitative estimate of drug-likeness (QED) is 0.534. The van der Waals surface area contributed by atoms with E-state index in [1.54, 1.807) is 49.4 Å². The lowest BCUT2D eigenvalue weighted by Crippen LogP contribution is -2.40. The molecular weight excluding hydrogens is 442 g/mol. The molecule has 0 saturated carbocycles. The molecule has 0 radical (unpaired) electrons. The Balaban J connectivity index is 1.59. The maximum atomic E-state index is 13.0. The van der Waals surface area contributed by atoms with E-state index in [4.69, 9.17) is 14.2 Å². The molecule has 3 heterocycles. The van der Waals surface area contributed by atoms with Crippen molar-refractivity contribution in [2.24, 2.45) is 7.05 Å². The molecule has 0 unspecified atom stereocenters. The highest BCUT2D eigenvalue weighted by molar-refractivity contribution is 7.10. The van der Waals surface area contributed by atoms with E-state index in [0.29, 0.717) is 22.9 Å². The lowest BCUT2D eigenvalue weighted by Gasteiger charge is -2.36. The minimum Gasteiger partial charge on any atom is -0.493 e. The average molecular weight is 470 g/mol. The monoisotopic (exact) mass is 469 g/mol. The standard InChI is InChI=1S/C24H27N3O5S/c1-26-13-16(11-18(26)24(29)32-4)25-22(28)14-27-8-7-15-10-19(30-2)20(31-3)12-17(15)23(27)21-6-5-9-33-21/h5-6,9-13,23H,7-8,14H2,1-4H3,(H,25,28)/t23-/m0/s1. The van der Waals surface area contributed by atoms with Gasteiger partial charge in [-0.3, -0.25) is 9.69 Å². The second-order valence-corrected chi connectivity index (χ2v) is 8.79. The maximum absolute atomic E-state index is 13.0. The minimum absolute atomic E-state index is 0.0688. The number of nitrogens with zero attached hydrogens (tertiary/aromatic N) is 2. The van der Waals surface area contributed by atoms with Crippen LogP contribution in [0, 0.1) is 0 Å². The number of amides is 1. The van der Waals surface area contributed by atoms with Gasteiger partial charge in [-0.25, -0.2) is 4.79 Å². The fourth-order valence-electron chi connectivity index (χ4n) is 4.27. The third kappa shape index (κ3) is 4.60. The first-order valence-corrected chi connectivity index (χ1v) is 11.4. The summed E-state index contributed by atoms with van der Waals surface area (Å²) in [5, 5.41) is 4.95. The molecule has 1 N–H and O–H groups in total. The highest BCUT2D eigenvalue weighted by atomic mass is 32.1. The van der Waals surface area contributed by atoms with Gasteiger partial charge >= 0.3 is 5.97 Å². The molecule has 0 bridgehead atoms. The number of methoxy groups -OCH3 is 3. The van der Waals surface area contributed by atoms with E-state index in [1.807, 2.05) is 23.6 Å². The average Bonchev–Trinajstić information content (AvgIpc) is 3.47. The van der Waals surface area contributed by atoms with E-state index < -0.39 is 5.97 Å². The van der Waals surface area contributed by atoms with E-state index in [1.165, 1.54) is 12.7 Å². The summed E-state index contributed by atoms with van der Waals surface area (Å²) in [6.45, 7) is 0.930. The van der Waals surface area contributed by atoms with Gasteiger partial charge in [-0.15, -0.1) is 11.3 Å². The van der Waals surface area contributed by atoms with Crippen LogP contribution in [0.4, 0.5) is 5.69 Å². The zero-order valence-corrected chi connectivity index (χ0v) is 19.9. The molecule has 174 valence electrons. The van der Waals surface area contributed by atoms with Crippen LogP contribution in [-0.4, -0.2) is 55.8 Å². The molecule has 33 heavy (non-hydrogen) atoms. The van der Waals surface area contributed by atoms with Crippen molar-refractivity contribution in [2.75, 3.05) is 39.7 Å². The number of carbonyl (C=O) groups is 2. The van der Waals surface area contributed by atoms with Gasteiger partial charge in [0.25, 0.3) is 0 Å². The zero-order chi connectivity index (χ0) is 23.5. The number of anilines is 1. The minimum atomic E-state index is -0.451. The SMILES string of the molecule is COC(=O)c1cc(NC(=O)CN2CCc3cc(OC)c(OC)cc3[C@H]2c2cccs2)cn1C. The molecule has 8 nitrogen and oxygen atoms in total. The number of nitrogens with one attached hydrogen (secondary N) is 1. The summed E-state index contributed by atoms with van der Waals surface area (Å²) in [5.74, 6) is 0.775.